The van der Waals surface area contributed by atoms with Crippen LogP contribution >= 0.6 is 0 Å². The molecule has 0 aliphatic carbocycles. The highest BCUT2D eigenvalue weighted by Gasteiger charge is 2.15. The molecule has 134 valence electrons. The summed E-state index contributed by atoms with van der Waals surface area (Å²) in [5, 5.41) is 8.90. The summed E-state index contributed by atoms with van der Waals surface area (Å²) in [5.41, 5.74) is -0.304. The van der Waals surface area contributed by atoms with Crippen LogP contribution in [0.2, 0.25) is 0 Å². The second-order valence-corrected chi connectivity index (χ2v) is 5.82. The van der Waals surface area contributed by atoms with E-state index in [0.29, 0.717) is 25.6 Å². The molecule has 0 bridgehead atoms. The Morgan fingerprint density at radius 2 is 1.88 bits per heavy atom. The van der Waals surface area contributed by atoms with E-state index in [-0.39, 0.29) is 11.2 Å². The SMILES string of the molecule is CCNC(=NCC(C)(C)OC)NCCNC(=O)c1ccccc1F. The Labute approximate surface area is 142 Å². The molecule has 0 aliphatic rings. The summed E-state index contributed by atoms with van der Waals surface area (Å²) < 4.78 is 18.8. The van der Waals surface area contributed by atoms with Crippen LogP contribution < -0.4 is 16.0 Å². The molecule has 6 nitrogen and oxygen atoms in total. The zero-order valence-corrected chi connectivity index (χ0v) is 14.8. The van der Waals surface area contributed by atoms with Gasteiger partial charge in [-0.2, -0.15) is 0 Å². The van der Waals surface area contributed by atoms with Crippen LogP contribution in [0.4, 0.5) is 4.39 Å². The van der Waals surface area contributed by atoms with Gasteiger partial charge in [-0.1, -0.05) is 12.1 Å². The summed E-state index contributed by atoms with van der Waals surface area (Å²) in [6.45, 7) is 7.92. The van der Waals surface area contributed by atoms with Crippen LogP contribution in [0.1, 0.15) is 31.1 Å². The minimum atomic E-state index is -0.528. The molecule has 7 heteroatoms. The van der Waals surface area contributed by atoms with E-state index in [9.17, 15) is 9.18 Å². The van der Waals surface area contributed by atoms with Gasteiger partial charge in [0.2, 0.25) is 0 Å². The number of aliphatic imine (C=N–C) groups is 1. The number of amides is 1. The van der Waals surface area contributed by atoms with E-state index in [0.717, 1.165) is 6.54 Å². The van der Waals surface area contributed by atoms with Gasteiger partial charge < -0.3 is 20.7 Å². The van der Waals surface area contributed by atoms with Crippen molar-refractivity contribution < 1.29 is 13.9 Å². The third-order valence-electron chi connectivity index (χ3n) is 3.34. The average molecular weight is 338 g/mol. The van der Waals surface area contributed by atoms with Crippen LogP contribution in [0.25, 0.3) is 0 Å². The quantitative estimate of drug-likeness (QED) is 0.382. The molecule has 0 atom stereocenters. The molecular formula is C17H27FN4O2. The summed E-state index contributed by atoms with van der Waals surface area (Å²) in [4.78, 5) is 16.3. The number of benzene rings is 1. The molecule has 0 saturated heterocycles. The number of hydrogen-bond donors (Lipinski definition) is 3. The van der Waals surface area contributed by atoms with Crippen molar-refractivity contribution in [2.45, 2.75) is 26.4 Å². The molecule has 1 aromatic carbocycles. The first-order valence-corrected chi connectivity index (χ1v) is 7.99. The van der Waals surface area contributed by atoms with Crippen LogP contribution in [-0.4, -0.2) is 50.8 Å². The molecule has 0 aromatic heterocycles. The molecular weight excluding hydrogens is 311 g/mol. The van der Waals surface area contributed by atoms with Gasteiger partial charge in [-0.3, -0.25) is 9.79 Å². The molecule has 0 spiro atoms. The normalized spacial score (nSPS) is 12.0. The summed E-state index contributed by atoms with van der Waals surface area (Å²) in [5.74, 6) is -0.320. The van der Waals surface area contributed by atoms with E-state index in [1.165, 1.54) is 12.1 Å². The second kappa shape index (κ2) is 9.87. The maximum atomic E-state index is 13.5. The summed E-state index contributed by atoms with van der Waals surface area (Å²) in [7, 11) is 1.65. The van der Waals surface area contributed by atoms with Crippen molar-refractivity contribution in [2.24, 2.45) is 4.99 Å². The first-order chi connectivity index (χ1) is 11.4. The fourth-order valence-corrected chi connectivity index (χ4v) is 1.77. The third-order valence-corrected chi connectivity index (χ3v) is 3.34. The number of methoxy groups -OCH3 is 1. The highest BCUT2D eigenvalue weighted by Crippen LogP contribution is 2.07. The molecule has 1 amide bonds. The fourth-order valence-electron chi connectivity index (χ4n) is 1.77. The molecule has 24 heavy (non-hydrogen) atoms. The van der Waals surface area contributed by atoms with Gasteiger partial charge in [-0.15, -0.1) is 0 Å². The predicted molar refractivity (Wildman–Crippen MR) is 93.8 cm³/mol. The maximum absolute atomic E-state index is 13.5. The highest BCUT2D eigenvalue weighted by atomic mass is 19.1. The average Bonchev–Trinajstić information content (AvgIpc) is 2.56. The van der Waals surface area contributed by atoms with Gasteiger partial charge in [-0.25, -0.2) is 4.39 Å². The molecule has 0 heterocycles. The Morgan fingerprint density at radius 3 is 2.50 bits per heavy atom. The zero-order chi connectivity index (χ0) is 18.0. The van der Waals surface area contributed by atoms with Crippen molar-refractivity contribution in [1.82, 2.24) is 16.0 Å². The maximum Gasteiger partial charge on any atom is 0.254 e. The number of carbonyl (C=O) groups excluding carboxylic acids is 1. The van der Waals surface area contributed by atoms with Crippen LogP contribution in [0, 0.1) is 5.82 Å². The van der Waals surface area contributed by atoms with Gasteiger partial charge in [0.15, 0.2) is 5.96 Å². The number of hydrogen-bond acceptors (Lipinski definition) is 3. The third kappa shape index (κ3) is 6.95. The zero-order valence-electron chi connectivity index (χ0n) is 14.8. The van der Waals surface area contributed by atoms with Crippen molar-refractivity contribution in [3.63, 3.8) is 0 Å². The molecule has 0 saturated carbocycles. The first kappa shape index (κ1) is 19.9. The van der Waals surface area contributed by atoms with Crippen LogP contribution in [0.3, 0.4) is 0 Å². The van der Waals surface area contributed by atoms with Gasteiger partial charge in [0.05, 0.1) is 17.7 Å². The van der Waals surface area contributed by atoms with Gasteiger partial charge in [-0.05, 0) is 32.9 Å². The van der Waals surface area contributed by atoms with Gasteiger partial charge in [0.25, 0.3) is 5.91 Å². The number of ether oxygens (including phenoxy) is 1. The topological polar surface area (TPSA) is 74.8 Å². The predicted octanol–water partition coefficient (Wildman–Crippen LogP) is 1.54. The molecule has 0 radical (unpaired) electrons. The number of nitrogens with zero attached hydrogens (tertiary/aromatic N) is 1. The van der Waals surface area contributed by atoms with Crippen molar-refractivity contribution >= 4 is 11.9 Å². The Hall–Kier alpha value is -2.15. The Bertz CT molecular complexity index is 561. The van der Waals surface area contributed by atoms with Crippen LogP contribution in [0.5, 0.6) is 0 Å². The van der Waals surface area contributed by atoms with Gasteiger partial charge in [0, 0.05) is 26.7 Å². The van der Waals surface area contributed by atoms with Gasteiger partial charge in [0.1, 0.15) is 5.82 Å². The summed E-state index contributed by atoms with van der Waals surface area (Å²) >= 11 is 0. The van der Waals surface area contributed by atoms with Crippen molar-refractivity contribution in [2.75, 3.05) is 33.3 Å². The standard InChI is InChI=1S/C17H27FN4O2/c1-5-19-16(22-12-17(2,3)24-4)21-11-10-20-15(23)13-8-6-7-9-14(13)18/h6-9H,5,10-12H2,1-4H3,(H,20,23)(H2,19,21,22). The Balaban J connectivity index is 2.44. The molecule has 0 aliphatic heterocycles. The van der Waals surface area contributed by atoms with E-state index in [1.54, 1.807) is 19.2 Å². The van der Waals surface area contributed by atoms with E-state index in [4.69, 9.17) is 4.74 Å². The number of guanidine groups is 1. The minimum Gasteiger partial charge on any atom is -0.377 e. The lowest BCUT2D eigenvalue weighted by molar-refractivity contribution is 0.0310. The Morgan fingerprint density at radius 1 is 1.21 bits per heavy atom. The molecule has 0 unspecified atom stereocenters. The summed E-state index contributed by atoms with van der Waals surface area (Å²) in [6.07, 6.45) is 0. The fraction of sp³-hybridized carbons (Fsp3) is 0.529. The second-order valence-electron chi connectivity index (χ2n) is 5.82. The van der Waals surface area contributed by atoms with Crippen LogP contribution in [0.15, 0.2) is 29.3 Å². The molecule has 1 rings (SSSR count). The first-order valence-electron chi connectivity index (χ1n) is 7.99. The minimum absolute atomic E-state index is 0.0416. The van der Waals surface area contributed by atoms with Crippen molar-refractivity contribution in [1.29, 1.82) is 0 Å². The molecule has 3 N–H and O–H groups in total. The van der Waals surface area contributed by atoms with E-state index in [2.05, 4.69) is 20.9 Å². The van der Waals surface area contributed by atoms with E-state index < -0.39 is 11.7 Å². The number of carbonyl (C=O) groups is 1. The smallest absolute Gasteiger partial charge is 0.254 e. The van der Waals surface area contributed by atoms with E-state index in [1.807, 2.05) is 20.8 Å². The molecule has 1 aromatic rings. The van der Waals surface area contributed by atoms with Crippen molar-refractivity contribution in [3.8, 4) is 0 Å². The largest absolute Gasteiger partial charge is 0.377 e. The number of halogens is 1. The van der Waals surface area contributed by atoms with E-state index >= 15 is 0 Å². The van der Waals surface area contributed by atoms with Crippen LogP contribution in [-0.2, 0) is 4.74 Å². The Kier molecular flexibility index (Phi) is 8.18. The number of nitrogens with one attached hydrogen (secondary N) is 3. The van der Waals surface area contributed by atoms with Crippen molar-refractivity contribution in [3.05, 3.63) is 35.6 Å². The molecule has 0 fully saturated rings. The summed E-state index contributed by atoms with van der Waals surface area (Å²) in [6, 6.07) is 5.90. The lowest BCUT2D eigenvalue weighted by Gasteiger charge is -2.21. The number of rotatable bonds is 8. The van der Waals surface area contributed by atoms with Gasteiger partial charge >= 0.3 is 0 Å². The highest BCUT2D eigenvalue weighted by molar-refractivity contribution is 5.94. The monoisotopic (exact) mass is 338 g/mol. The lowest BCUT2D eigenvalue weighted by Crippen LogP contribution is -2.42. The lowest BCUT2D eigenvalue weighted by atomic mass is 10.1.